The van der Waals surface area contributed by atoms with E-state index in [4.69, 9.17) is 10.00 Å². The number of likely N-dealkylation sites (tertiary alicyclic amines) is 1. The predicted octanol–water partition coefficient (Wildman–Crippen LogP) is 4.19. The number of benzene rings is 1. The smallest absolute Gasteiger partial charge is 0.410 e. The molecule has 0 aromatic heterocycles. The number of thioether (sulfide) groups is 1. The maximum atomic E-state index is 12.0. The molecule has 5 heteroatoms. The maximum Gasteiger partial charge on any atom is 0.410 e. The first kappa shape index (κ1) is 17.7. The van der Waals surface area contributed by atoms with Crippen molar-refractivity contribution in [2.24, 2.45) is 0 Å². The van der Waals surface area contributed by atoms with Gasteiger partial charge in [0.1, 0.15) is 5.60 Å². The number of hydrogen-bond donors (Lipinski definition) is 0. The van der Waals surface area contributed by atoms with Crippen molar-refractivity contribution in [2.45, 2.75) is 50.2 Å². The number of carbonyl (C=O) groups is 1. The zero-order valence-corrected chi connectivity index (χ0v) is 14.9. The van der Waals surface area contributed by atoms with Gasteiger partial charge in [0, 0.05) is 24.1 Å². The monoisotopic (exact) mass is 332 g/mol. The molecule has 23 heavy (non-hydrogen) atoms. The minimum atomic E-state index is -0.436. The van der Waals surface area contributed by atoms with Crippen molar-refractivity contribution in [3.8, 4) is 6.07 Å². The van der Waals surface area contributed by atoms with Crippen molar-refractivity contribution in [1.29, 1.82) is 5.26 Å². The van der Waals surface area contributed by atoms with E-state index in [0.717, 1.165) is 31.7 Å². The minimum Gasteiger partial charge on any atom is -0.444 e. The van der Waals surface area contributed by atoms with Gasteiger partial charge in [0.2, 0.25) is 0 Å². The van der Waals surface area contributed by atoms with E-state index in [0.29, 0.717) is 10.8 Å². The molecule has 124 valence electrons. The van der Waals surface area contributed by atoms with Crippen LogP contribution in [-0.2, 0) is 10.5 Å². The topological polar surface area (TPSA) is 53.3 Å². The molecule has 0 spiro atoms. The van der Waals surface area contributed by atoms with E-state index in [1.807, 2.05) is 50.7 Å². The maximum absolute atomic E-state index is 12.0. The summed E-state index contributed by atoms with van der Waals surface area (Å²) in [5.74, 6) is 0.909. The van der Waals surface area contributed by atoms with Gasteiger partial charge in [-0.1, -0.05) is 12.1 Å². The second-order valence-corrected chi connectivity index (χ2v) is 8.08. The number of carbonyl (C=O) groups excluding carboxylic acids is 1. The summed E-state index contributed by atoms with van der Waals surface area (Å²) in [6.07, 6.45) is 1.77. The summed E-state index contributed by atoms with van der Waals surface area (Å²) in [7, 11) is 0. The van der Waals surface area contributed by atoms with Crippen LogP contribution in [0.15, 0.2) is 24.3 Å². The summed E-state index contributed by atoms with van der Waals surface area (Å²) >= 11 is 1.91. The van der Waals surface area contributed by atoms with E-state index in [1.54, 1.807) is 4.90 Å². The highest BCUT2D eigenvalue weighted by molar-refractivity contribution is 7.99. The molecule has 2 rings (SSSR count). The number of rotatable bonds is 3. The molecule has 1 aliphatic rings. The summed E-state index contributed by atoms with van der Waals surface area (Å²) in [5.41, 5.74) is 1.46. The Morgan fingerprint density at radius 1 is 1.39 bits per heavy atom. The lowest BCUT2D eigenvalue weighted by atomic mass is 10.1. The van der Waals surface area contributed by atoms with Crippen molar-refractivity contribution in [2.75, 3.05) is 13.1 Å². The van der Waals surface area contributed by atoms with E-state index in [2.05, 4.69) is 12.1 Å². The first-order valence-corrected chi connectivity index (χ1v) is 9.01. The highest BCUT2D eigenvalue weighted by Crippen LogP contribution is 2.27. The van der Waals surface area contributed by atoms with Crippen LogP contribution in [0.25, 0.3) is 0 Å². The zero-order chi connectivity index (χ0) is 16.9. The van der Waals surface area contributed by atoms with Crippen LogP contribution in [0.5, 0.6) is 0 Å². The standard InChI is InChI=1S/C18H24N2O2S/c1-18(2,3)22-17(21)20-9-7-16(8-10-20)23-13-15-6-4-5-14(11-15)12-19/h4-6,11,16H,7-10,13H2,1-3H3. The third-order valence-electron chi connectivity index (χ3n) is 3.64. The van der Waals surface area contributed by atoms with Crippen molar-refractivity contribution in [3.63, 3.8) is 0 Å². The molecule has 1 fully saturated rings. The van der Waals surface area contributed by atoms with Crippen LogP contribution in [0.3, 0.4) is 0 Å². The SMILES string of the molecule is CC(C)(C)OC(=O)N1CCC(SCc2cccc(C#N)c2)CC1. The zero-order valence-electron chi connectivity index (χ0n) is 14.0. The van der Waals surface area contributed by atoms with Crippen molar-refractivity contribution in [1.82, 2.24) is 4.90 Å². The Hall–Kier alpha value is -1.67. The lowest BCUT2D eigenvalue weighted by Crippen LogP contribution is -2.42. The van der Waals surface area contributed by atoms with Crippen LogP contribution in [0.1, 0.15) is 44.7 Å². The molecular formula is C18H24N2O2S. The molecule has 1 aromatic carbocycles. The van der Waals surface area contributed by atoms with Gasteiger partial charge >= 0.3 is 6.09 Å². The van der Waals surface area contributed by atoms with Crippen LogP contribution in [0, 0.1) is 11.3 Å². The van der Waals surface area contributed by atoms with Gasteiger partial charge in [-0.3, -0.25) is 0 Å². The van der Waals surface area contributed by atoms with Gasteiger partial charge in [0.05, 0.1) is 11.6 Å². The highest BCUT2D eigenvalue weighted by Gasteiger charge is 2.26. The number of amides is 1. The number of piperidine rings is 1. The molecule has 0 atom stereocenters. The summed E-state index contributed by atoms with van der Waals surface area (Å²) in [4.78, 5) is 13.8. The molecule has 1 aliphatic heterocycles. The Labute approximate surface area is 142 Å². The Kier molecular flexibility index (Phi) is 5.95. The third kappa shape index (κ3) is 5.80. The lowest BCUT2D eigenvalue weighted by molar-refractivity contribution is 0.0219. The summed E-state index contributed by atoms with van der Waals surface area (Å²) in [6.45, 7) is 7.18. The Morgan fingerprint density at radius 3 is 2.70 bits per heavy atom. The van der Waals surface area contributed by atoms with E-state index < -0.39 is 5.60 Å². The quantitative estimate of drug-likeness (QED) is 0.833. The highest BCUT2D eigenvalue weighted by atomic mass is 32.2. The molecule has 0 radical (unpaired) electrons. The third-order valence-corrected chi connectivity index (χ3v) is 5.08. The fourth-order valence-electron chi connectivity index (χ4n) is 2.48. The van der Waals surface area contributed by atoms with Crippen LogP contribution in [0.4, 0.5) is 4.79 Å². The Morgan fingerprint density at radius 2 is 2.09 bits per heavy atom. The van der Waals surface area contributed by atoms with Gasteiger partial charge in [0.15, 0.2) is 0 Å². The lowest BCUT2D eigenvalue weighted by Gasteiger charge is -2.33. The van der Waals surface area contributed by atoms with Crippen LogP contribution < -0.4 is 0 Å². The fraction of sp³-hybridized carbons (Fsp3) is 0.556. The second kappa shape index (κ2) is 7.74. The summed E-state index contributed by atoms with van der Waals surface area (Å²) in [6, 6.07) is 9.94. The molecule has 4 nitrogen and oxygen atoms in total. The number of ether oxygens (including phenoxy) is 1. The molecule has 0 aliphatic carbocycles. The van der Waals surface area contributed by atoms with Gasteiger partial charge in [0.25, 0.3) is 0 Å². The van der Waals surface area contributed by atoms with Crippen molar-refractivity contribution in [3.05, 3.63) is 35.4 Å². The van der Waals surface area contributed by atoms with Gasteiger partial charge < -0.3 is 9.64 Å². The average Bonchev–Trinajstić information content (AvgIpc) is 2.52. The van der Waals surface area contributed by atoms with E-state index >= 15 is 0 Å². The van der Waals surface area contributed by atoms with E-state index in [-0.39, 0.29) is 6.09 Å². The van der Waals surface area contributed by atoms with Gasteiger partial charge in [-0.05, 0) is 51.3 Å². The van der Waals surface area contributed by atoms with Crippen LogP contribution >= 0.6 is 11.8 Å². The molecule has 1 heterocycles. The Bertz CT molecular complexity index is 581. The fourth-order valence-corrected chi connectivity index (χ4v) is 3.63. The number of nitrogens with zero attached hydrogens (tertiary/aromatic N) is 2. The van der Waals surface area contributed by atoms with Crippen molar-refractivity contribution < 1.29 is 9.53 Å². The molecule has 0 N–H and O–H groups in total. The van der Waals surface area contributed by atoms with E-state index in [1.165, 1.54) is 5.56 Å². The largest absolute Gasteiger partial charge is 0.444 e. The first-order chi connectivity index (χ1) is 10.9. The normalized spacial score (nSPS) is 16.0. The number of hydrogen-bond acceptors (Lipinski definition) is 4. The minimum absolute atomic E-state index is 0.206. The first-order valence-electron chi connectivity index (χ1n) is 7.96. The molecule has 0 saturated carbocycles. The van der Waals surface area contributed by atoms with Gasteiger partial charge in [-0.15, -0.1) is 0 Å². The molecule has 0 unspecified atom stereocenters. The van der Waals surface area contributed by atoms with Gasteiger partial charge in [-0.25, -0.2) is 4.79 Å². The average molecular weight is 332 g/mol. The molecular weight excluding hydrogens is 308 g/mol. The second-order valence-electron chi connectivity index (χ2n) is 6.79. The summed E-state index contributed by atoms with van der Waals surface area (Å²) < 4.78 is 5.42. The Balaban J connectivity index is 1.76. The van der Waals surface area contributed by atoms with Crippen LogP contribution in [-0.4, -0.2) is 34.9 Å². The molecule has 1 amide bonds. The number of nitriles is 1. The van der Waals surface area contributed by atoms with Gasteiger partial charge in [-0.2, -0.15) is 17.0 Å². The summed E-state index contributed by atoms with van der Waals surface area (Å²) in [5, 5.41) is 9.49. The van der Waals surface area contributed by atoms with Crippen molar-refractivity contribution >= 4 is 17.9 Å². The molecule has 1 saturated heterocycles. The van der Waals surface area contributed by atoms with E-state index in [9.17, 15) is 4.79 Å². The van der Waals surface area contributed by atoms with Crippen LogP contribution in [0.2, 0.25) is 0 Å². The molecule has 0 bridgehead atoms. The molecule has 1 aromatic rings. The predicted molar refractivity (Wildman–Crippen MR) is 93.3 cm³/mol.